The van der Waals surface area contributed by atoms with Gasteiger partial charge in [-0.05, 0) is 38.3 Å². The van der Waals surface area contributed by atoms with E-state index in [9.17, 15) is 9.90 Å². The lowest BCUT2D eigenvalue weighted by Gasteiger charge is -2.42. The van der Waals surface area contributed by atoms with E-state index in [0.29, 0.717) is 13.0 Å². The van der Waals surface area contributed by atoms with Crippen molar-refractivity contribution in [1.29, 1.82) is 0 Å². The fraction of sp³-hybridized carbons (Fsp3) is 0.588. The molecule has 1 aliphatic rings. The molecule has 2 unspecified atom stereocenters. The standard InChI is InChI=1S/C17H26N2O2/c1-3-14(2)18-17(16(20)21)10-7-11-19(13-17)12-15-8-5-4-6-9-15/h4-6,8-9,14,18H,3,7,10-13H2,1-2H3,(H,20,21). The van der Waals surface area contributed by atoms with Crippen LogP contribution < -0.4 is 5.32 Å². The molecule has 1 aromatic carbocycles. The second-order valence-corrected chi connectivity index (χ2v) is 6.14. The van der Waals surface area contributed by atoms with Crippen molar-refractivity contribution in [2.24, 2.45) is 0 Å². The third-order valence-electron chi connectivity index (χ3n) is 4.36. The van der Waals surface area contributed by atoms with Gasteiger partial charge in [-0.15, -0.1) is 0 Å². The number of hydrogen-bond acceptors (Lipinski definition) is 3. The molecule has 0 radical (unpaired) electrons. The molecule has 0 spiro atoms. The highest BCUT2D eigenvalue weighted by Gasteiger charge is 2.42. The number of carboxylic acid groups (broad SMARTS) is 1. The number of aliphatic carboxylic acids is 1. The Hall–Kier alpha value is -1.39. The van der Waals surface area contributed by atoms with Gasteiger partial charge in [-0.3, -0.25) is 15.0 Å². The van der Waals surface area contributed by atoms with Gasteiger partial charge in [-0.2, -0.15) is 0 Å². The van der Waals surface area contributed by atoms with Crippen LogP contribution in [0.4, 0.5) is 0 Å². The van der Waals surface area contributed by atoms with Crippen LogP contribution in [0, 0.1) is 0 Å². The monoisotopic (exact) mass is 290 g/mol. The number of nitrogens with zero attached hydrogens (tertiary/aromatic N) is 1. The number of piperidine rings is 1. The second-order valence-electron chi connectivity index (χ2n) is 6.14. The average molecular weight is 290 g/mol. The number of rotatable bonds is 6. The Balaban J connectivity index is 2.07. The second kappa shape index (κ2) is 7.05. The maximum Gasteiger partial charge on any atom is 0.325 e. The first kappa shape index (κ1) is 16.0. The predicted molar refractivity (Wildman–Crippen MR) is 84.2 cm³/mol. The minimum atomic E-state index is -0.803. The van der Waals surface area contributed by atoms with Crippen molar-refractivity contribution in [2.45, 2.75) is 51.2 Å². The van der Waals surface area contributed by atoms with Crippen molar-refractivity contribution in [3.63, 3.8) is 0 Å². The first-order valence-electron chi connectivity index (χ1n) is 7.83. The topological polar surface area (TPSA) is 52.6 Å². The Morgan fingerprint density at radius 3 is 2.76 bits per heavy atom. The number of nitrogens with one attached hydrogen (secondary N) is 1. The summed E-state index contributed by atoms with van der Waals surface area (Å²) in [6.45, 7) is 6.49. The molecule has 21 heavy (non-hydrogen) atoms. The maximum atomic E-state index is 11.8. The summed E-state index contributed by atoms with van der Waals surface area (Å²) in [4.78, 5) is 14.1. The SMILES string of the molecule is CCC(C)NC1(C(=O)O)CCCN(Cc2ccccc2)C1. The molecule has 2 N–H and O–H groups in total. The van der Waals surface area contributed by atoms with Gasteiger partial charge in [-0.1, -0.05) is 37.3 Å². The smallest absolute Gasteiger partial charge is 0.325 e. The normalized spacial score (nSPS) is 24.7. The van der Waals surface area contributed by atoms with Crippen molar-refractivity contribution < 1.29 is 9.90 Å². The summed E-state index contributed by atoms with van der Waals surface area (Å²) in [5, 5.41) is 13.1. The van der Waals surface area contributed by atoms with E-state index in [1.54, 1.807) is 0 Å². The molecule has 1 heterocycles. The summed E-state index contributed by atoms with van der Waals surface area (Å²) in [5.41, 5.74) is 0.435. The summed E-state index contributed by atoms with van der Waals surface area (Å²) in [6.07, 6.45) is 2.56. The van der Waals surface area contributed by atoms with Crippen LogP contribution in [-0.4, -0.2) is 40.6 Å². The molecule has 2 rings (SSSR count). The average Bonchev–Trinajstić information content (AvgIpc) is 2.48. The molecule has 4 nitrogen and oxygen atoms in total. The van der Waals surface area contributed by atoms with E-state index in [2.05, 4.69) is 36.2 Å². The fourth-order valence-corrected chi connectivity index (χ4v) is 3.05. The van der Waals surface area contributed by atoms with Crippen LogP contribution in [0.3, 0.4) is 0 Å². The van der Waals surface area contributed by atoms with E-state index in [4.69, 9.17) is 0 Å². The zero-order valence-electron chi connectivity index (χ0n) is 13.0. The van der Waals surface area contributed by atoms with Crippen LogP contribution in [-0.2, 0) is 11.3 Å². The number of carboxylic acids is 1. The van der Waals surface area contributed by atoms with Gasteiger partial charge >= 0.3 is 5.97 Å². The summed E-state index contributed by atoms with van der Waals surface area (Å²) in [7, 11) is 0. The first-order chi connectivity index (χ1) is 10.1. The van der Waals surface area contributed by atoms with E-state index in [1.165, 1.54) is 5.56 Å². The highest BCUT2D eigenvalue weighted by atomic mass is 16.4. The Bertz CT molecular complexity index is 463. The first-order valence-corrected chi connectivity index (χ1v) is 7.83. The summed E-state index contributed by atoms with van der Waals surface area (Å²) in [5.74, 6) is -0.722. The van der Waals surface area contributed by atoms with Crippen molar-refractivity contribution in [3.8, 4) is 0 Å². The lowest BCUT2D eigenvalue weighted by Crippen LogP contribution is -2.63. The van der Waals surface area contributed by atoms with Gasteiger partial charge in [0.15, 0.2) is 0 Å². The van der Waals surface area contributed by atoms with Gasteiger partial charge in [0.1, 0.15) is 5.54 Å². The molecule has 4 heteroatoms. The predicted octanol–water partition coefficient (Wildman–Crippen LogP) is 2.49. The molecule has 0 bridgehead atoms. The van der Waals surface area contributed by atoms with Crippen LogP contribution in [0.5, 0.6) is 0 Å². The minimum Gasteiger partial charge on any atom is -0.480 e. The van der Waals surface area contributed by atoms with E-state index in [1.807, 2.05) is 18.2 Å². The van der Waals surface area contributed by atoms with Crippen LogP contribution in [0.25, 0.3) is 0 Å². The maximum absolute atomic E-state index is 11.8. The molecular weight excluding hydrogens is 264 g/mol. The lowest BCUT2D eigenvalue weighted by atomic mass is 9.87. The van der Waals surface area contributed by atoms with Gasteiger partial charge in [0.25, 0.3) is 0 Å². The zero-order chi connectivity index (χ0) is 15.3. The van der Waals surface area contributed by atoms with Crippen molar-refractivity contribution in [2.75, 3.05) is 13.1 Å². The largest absolute Gasteiger partial charge is 0.480 e. The van der Waals surface area contributed by atoms with Crippen molar-refractivity contribution in [3.05, 3.63) is 35.9 Å². The Kier molecular flexibility index (Phi) is 5.37. The molecule has 0 amide bonds. The summed E-state index contributed by atoms with van der Waals surface area (Å²) < 4.78 is 0. The van der Waals surface area contributed by atoms with E-state index < -0.39 is 11.5 Å². The van der Waals surface area contributed by atoms with Gasteiger partial charge < -0.3 is 5.11 Å². The van der Waals surface area contributed by atoms with E-state index in [0.717, 1.165) is 25.9 Å². The highest BCUT2D eigenvalue weighted by Crippen LogP contribution is 2.24. The zero-order valence-corrected chi connectivity index (χ0v) is 13.0. The quantitative estimate of drug-likeness (QED) is 0.845. The van der Waals surface area contributed by atoms with E-state index >= 15 is 0 Å². The third-order valence-corrected chi connectivity index (χ3v) is 4.36. The van der Waals surface area contributed by atoms with Crippen LogP contribution >= 0.6 is 0 Å². The van der Waals surface area contributed by atoms with Gasteiger partial charge in [-0.25, -0.2) is 0 Å². The summed E-state index contributed by atoms with van der Waals surface area (Å²) >= 11 is 0. The molecule has 0 saturated carbocycles. The van der Waals surface area contributed by atoms with Crippen LogP contribution in [0.1, 0.15) is 38.7 Å². The Morgan fingerprint density at radius 1 is 1.43 bits per heavy atom. The number of carbonyl (C=O) groups is 1. The molecule has 1 fully saturated rings. The molecule has 2 atom stereocenters. The van der Waals surface area contributed by atoms with Gasteiger partial charge in [0.2, 0.25) is 0 Å². The van der Waals surface area contributed by atoms with E-state index in [-0.39, 0.29) is 6.04 Å². The van der Waals surface area contributed by atoms with Crippen LogP contribution in [0.15, 0.2) is 30.3 Å². The highest BCUT2D eigenvalue weighted by molar-refractivity contribution is 5.79. The molecule has 1 aliphatic heterocycles. The fourth-order valence-electron chi connectivity index (χ4n) is 3.05. The van der Waals surface area contributed by atoms with Crippen LogP contribution in [0.2, 0.25) is 0 Å². The Morgan fingerprint density at radius 2 is 2.14 bits per heavy atom. The molecule has 0 aromatic heterocycles. The Labute approximate surface area is 127 Å². The number of likely N-dealkylation sites (tertiary alicyclic amines) is 1. The van der Waals surface area contributed by atoms with Gasteiger partial charge in [0, 0.05) is 19.1 Å². The minimum absolute atomic E-state index is 0.220. The molecular formula is C17H26N2O2. The summed E-state index contributed by atoms with van der Waals surface area (Å²) in [6, 6.07) is 10.5. The molecule has 1 saturated heterocycles. The van der Waals surface area contributed by atoms with Crippen molar-refractivity contribution >= 4 is 5.97 Å². The number of benzene rings is 1. The number of hydrogen-bond donors (Lipinski definition) is 2. The molecule has 1 aromatic rings. The van der Waals surface area contributed by atoms with Crippen molar-refractivity contribution in [1.82, 2.24) is 10.2 Å². The molecule has 116 valence electrons. The third kappa shape index (κ3) is 4.05. The molecule has 0 aliphatic carbocycles. The van der Waals surface area contributed by atoms with Gasteiger partial charge in [0.05, 0.1) is 0 Å². The lowest BCUT2D eigenvalue weighted by molar-refractivity contribution is -0.148.